The van der Waals surface area contributed by atoms with Crippen LogP contribution in [-0.4, -0.2) is 19.6 Å². The number of hydrogen-bond donors (Lipinski definition) is 0. The van der Waals surface area contributed by atoms with Gasteiger partial charge < -0.3 is 4.74 Å². The summed E-state index contributed by atoms with van der Waals surface area (Å²) in [4.78, 5) is 0. The molecule has 2 unspecified atom stereocenters. The summed E-state index contributed by atoms with van der Waals surface area (Å²) in [5.41, 5.74) is 2.69. The van der Waals surface area contributed by atoms with Gasteiger partial charge in [-0.05, 0) is 37.2 Å². The topological polar surface area (TPSA) is 9.23 Å². The van der Waals surface area contributed by atoms with Gasteiger partial charge in [0.2, 0.25) is 0 Å². The summed E-state index contributed by atoms with van der Waals surface area (Å²) in [5.74, 6) is 1.86. The van der Waals surface area contributed by atoms with Crippen molar-refractivity contribution in [2.75, 3.05) is 19.6 Å². The van der Waals surface area contributed by atoms with Crippen LogP contribution in [0.4, 0.5) is 0 Å². The Balaban J connectivity index is 2.53. The molecule has 1 aromatic carbocycles. The van der Waals surface area contributed by atoms with Gasteiger partial charge >= 0.3 is 0 Å². The number of hydrogen-bond acceptors (Lipinski definition) is 1. The largest absolute Gasteiger partial charge is 0.385 e. The molecule has 0 saturated carbocycles. The van der Waals surface area contributed by atoms with Crippen LogP contribution in [0.25, 0.3) is 0 Å². The molecular weight excluding hydrogens is 232 g/mol. The number of rotatable bonds is 7. The van der Waals surface area contributed by atoms with Crippen molar-refractivity contribution in [2.45, 2.75) is 26.7 Å². The zero-order chi connectivity index (χ0) is 12.7. The highest BCUT2D eigenvalue weighted by Crippen LogP contribution is 2.22. The van der Waals surface area contributed by atoms with Crippen molar-refractivity contribution in [3.8, 4) is 0 Å². The van der Waals surface area contributed by atoms with E-state index < -0.39 is 0 Å². The van der Waals surface area contributed by atoms with Gasteiger partial charge in [-0.15, -0.1) is 11.6 Å². The van der Waals surface area contributed by atoms with Gasteiger partial charge in [-0.2, -0.15) is 0 Å². The molecular formula is C15H23ClO. The van der Waals surface area contributed by atoms with Crippen LogP contribution in [0.1, 0.15) is 24.5 Å². The maximum Gasteiger partial charge on any atom is 0.0464 e. The van der Waals surface area contributed by atoms with E-state index in [2.05, 4.69) is 38.1 Å². The summed E-state index contributed by atoms with van der Waals surface area (Å²) in [6.07, 6.45) is 2.15. The van der Waals surface area contributed by atoms with Crippen LogP contribution in [0.2, 0.25) is 0 Å². The molecule has 96 valence electrons. The molecule has 0 saturated heterocycles. The molecule has 2 heteroatoms. The lowest BCUT2D eigenvalue weighted by atomic mass is 9.87. The summed E-state index contributed by atoms with van der Waals surface area (Å²) in [6, 6.07) is 8.75. The average molecular weight is 255 g/mol. The van der Waals surface area contributed by atoms with Crippen molar-refractivity contribution < 1.29 is 4.74 Å². The Labute approximate surface area is 110 Å². The first kappa shape index (κ1) is 14.5. The molecule has 0 bridgehead atoms. The van der Waals surface area contributed by atoms with E-state index in [1.54, 1.807) is 7.11 Å². The lowest BCUT2D eigenvalue weighted by molar-refractivity contribution is 0.168. The van der Waals surface area contributed by atoms with Crippen molar-refractivity contribution >= 4 is 11.6 Å². The fraction of sp³-hybridized carbons (Fsp3) is 0.600. The molecule has 0 aromatic heterocycles. The first-order valence-electron chi connectivity index (χ1n) is 6.27. The van der Waals surface area contributed by atoms with Crippen LogP contribution in [0.15, 0.2) is 24.3 Å². The summed E-state index contributed by atoms with van der Waals surface area (Å²) in [6.45, 7) is 5.20. The lowest BCUT2D eigenvalue weighted by Gasteiger charge is -2.21. The van der Waals surface area contributed by atoms with Crippen molar-refractivity contribution in [1.29, 1.82) is 0 Å². The second kappa shape index (κ2) is 7.73. The van der Waals surface area contributed by atoms with E-state index in [0.29, 0.717) is 11.8 Å². The number of halogens is 1. The SMILES string of the molecule is COCCC(C)C(CCl)Cc1ccc(C)cc1. The molecule has 0 radical (unpaired) electrons. The second-order valence-electron chi connectivity index (χ2n) is 4.86. The minimum atomic E-state index is 0.537. The molecule has 0 aliphatic rings. The van der Waals surface area contributed by atoms with Crippen molar-refractivity contribution in [3.05, 3.63) is 35.4 Å². The van der Waals surface area contributed by atoms with Crippen LogP contribution in [0.5, 0.6) is 0 Å². The number of benzene rings is 1. The third-order valence-electron chi connectivity index (χ3n) is 3.40. The van der Waals surface area contributed by atoms with Gasteiger partial charge in [-0.3, -0.25) is 0 Å². The minimum Gasteiger partial charge on any atom is -0.385 e. The number of aryl methyl sites for hydroxylation is 1. The zero-order valence-corrected chi connectivity index (χ0v) is 11.8. The molecule has 0 heterocycles. The Kier molecular flexibility index (Phi) is 6.61. The number of ether oxygens (including phenoxy) is 1. The predicted octanol–water partition coefficient (Wildman–Crippen LogP) is 4.07. The van der Waals surface area contributed by atoms with Gasteiger partial charge in [0.05, 0.1) is 0 Å². The molecule has 2 atom stereocenters. The summed E-state index contributed by atoms with van der Waals surface area (Å²) in [5, 5.41) is 0. The van der Waals surface area contributed by atoms with E-state index >= 15 is 0 Å². The maximum atomic E-state index is 6.08. The first-order chi connectivity index (χ1) is 8.17. The molecule has 0 fully saturated rings. The Morgan fingerprint density at radius 1 is 1.24 bits per heavy atom. The molecule has 1 nitrogen and oxygen atoms in total. The Bertz CT molecular complexity index is 307. The van der Waals surface area contributed by atoms with Crippen LogP contribution >= 0.6 is 11.6 Å². The molecule has 0 aliphatic heterocycles. The van der Waals surface area contributed by atoms with Gasteiger partial charge in [0.1, 0.15) is 0 Å². The fourth-order valence-electron chi connectivity index (χ4n) is 1.97. The van der Waals surface area contributed by atoms with Crippen LogP contribution in [-0.2, 0) is 11.2 Å². The van der Waals surface area contributed by atoms with Crippen molar-refractivity contribution in [3.63, 3.8) is 0 Å². The van der Waals surface area contributed by atoms with Gasteiger partial charge in [-0.1, -0.05) is 36.8 Å². The fourth-order valence-corrected chi connectivity index (χ4v) is 2.39. The summed E-state index contributed by atoms with van der Waals surface area (Å²) < 4.78 is 5.13. The van der Waals surface area contributed by atoms with E-state index in [9.17, 15) is 0 Å². The number of alkyl halides is 1. The standard InChI is InChI=1S/C15H23ClO/c1-12-4-6-14(7-5-12)10-15(11-16)13(2)8-9-17-3/h4-7,13,15H,8-11H2,1-3H3. The van der Waals surface area contributed by atoms with E-state index in [0.717, 1.165) is 25.3 Å². The smallest absolute Gasteiger partial charge is 0.0464 e. The van der Waals surface area contributed by atoms with Gasteiger partial charge in [0, 0.05) is 19.6 Å². The quantitative estimate of drug-likeness (QED) is 0.667. The van der Waals surface area contributed by atoms with Gasteiger partial charge in [-0.25, -0.2) is 0 Å². The third kappa shape index (κ3) is 5.10. The first-order valence-corrected chi connectivity index (χ1v) is 6.81. The van der Waals surface area contributed by atoms with Gasteiger partial charge in [0.15, 0.2) is 0 Å². The van der Waals surface area contributed by atoms with Crippen LogP contribution in [0, 0.1) is 18.8 Å². The predicted molar refractivity (Wildman–Crippen MR) is 74.8 cm³/mol. The van der Waals surface area contributed by atoms with Crippen LogP contribution in [0.3, 0.4) is 0 Å². The van der Waals surface area contributed by atoms with Crippen LogP contribution < -0.4 is 0 Å². The normalized spacial score (nSPS) is 14.6. The highest BCUT2D eigenvalue weighted by Gasteiger charge is 2.16. The highest BCUT2D eigenvalue weighted by molar-refractivity contribution is 6.18. The van der Waals surface area contributed by atoms with Crippen molar-refractivity contribution in [2.24, 2.45) is 11.8 Å². The molecule has 1 rings (SSSR count). The van der Waals surface area contributed by atoms with E-state index in [1.165, 1.54) is 11.1 Å². The Morgan fingerprint density at radius 2 is 1.88 bits per heavy atom. The molecule has 0 amide bonds. The third-order valence-corrected chi connectivity index (χ3v) is 3.80. The molecule has 0 spiro atoms. The summed E-state index contributed by atoms with van der Waals surface area (Å²) >= 11 is 6.08. The van der Waals surface area contributed by atoms with Crippen molar-refractivity contribution in [1.82, 2.24) is 0 Å². The lowest BCUT2D eigenvalue weighted by Crippen LogP contribution is -2.18. The molecule has 0 N–H and O–H groups in total. The number of methoxy groups -OCH3 is 1. The zero-order valence-electron chi connectivity index (χ0n) is 11.1. The summed E-state index contributed by atoms with van der Waals surface area (Å²) in [7, 11) is 1.75. The van der Waals surface area contributed by atoms with E-state index in [-0.39, 0.29) is 0 Å². The van der Waals surface area contributed by atoms with E-state index in [4.69, 9.17) is 16.3 Å². The highest BCUT2D eigenvalue weighted by atomic mass is 35.5. The minimum absolute atomic E-state index is 0.537. The maximum absolute atomic E-state index is 6.08. The molecule has 0 aliphatic carbocycles. The van der Waals surface area contributed by atoms with E-state index in [1.807, 2.05) is 0 Å². The molecule has 1 aromatic rings. The molecule has 17 heavy (non-hydrogen) atoms. The Hall–Kier alpha value is -0.530. The van der Waals surface area contributed by atoms with Gasteiger partial charge in [0.25, 0.3) is 0 Å². The Morgan fingerprint density at radius 3 is 2.41 bits per heavy atom. The monoisotopic (exact) mass is 254 g/mol. The second-order valence-corrected chi connectivity index (χ2v) is 5.17. The average Bonchev–Trinajstić information content (AvgIpc) is 2.35.